The van der Waals surface area contributed by atoms with Crippen LogP contribution in [-0.4, -0.2) is 12.6 Å². The summed E-state index contributed by atoms with van der Waals surface area (Å²) in [5, 5.41) is 3.40. The van der Waals surface area contributed by atoms with Gasteiger partial charge in [-0.2, -0.15) is 0 Å². The molecule has 0 radical (unpaired) electrons. The minimum Gasteiger partial charge on any atom is -0.462 e. The maximum atomic E-state index is 11.8. The third-order valence-electron chi connectivity index (χ3n) is 4.41. The van der Waals surface area contributed by atoms with Gasteiger partial charge >= 0.3 is 11.9 Å². The lowest BCUT2D eigenvalue weighted by molar-refractivity contribution is -0.142. The van der Waals surface area contributed by atoms with Crippen LogP contribution in [0.1, 0.15) is 13.8 Å². The lowest BCUT2D eigenvalue weighted by Gasteiger charge is -2.27. The number of hydrogen-bond acceptors (Lipinski definition) is 3. The van der Waals surface area contributed by atoms with Crippen LogP contribution in [0.5, 0.6) is 0 Å². The van der Waals surface area contributed by atoms with Crippen molar-refractivity contribution in [2.24, 2.45) is 0 Å². The fraction of sp³-hybridized carbons (Fsp3) is 0.125. The van der Waals surface area contributed by atoms with Crippen molar-refractivity contribution in [1.29, 1.82) is 0 Å². The van der Waals surface area contributed by atoms with E-state index < -0.39 is 13.2 Å². The van der Waals surface area contributed by atoms with Gasteiger partial charge in [0, 0.05) is 22.9 Å². The smallest absolute Gasteiger partial charge is 0.340 e. The Morgan fingerprint density at radius 1 is 0.793 bits per heavy atom. The molecule has 0 aliphatic carbocycles. The van der Waals surface area contributed by atoms with E-state index in [1.54, 1.807) is 0 Å². The van der Waals surface area contributed by atoms with Crippen LogP contribution in [0, 0.1) is 0 Å². The molecule has 3 nitrogen and oxygen atoms in total. The first kappa shape index (κ1) is 21.3. The summed E-state index contributed by atoms with van der Waals surface area (Å²) in [6.07, 6.45) is 0. The van der Waals surface area contributed by atoms with E-state index in [9.17, 15) is 4.79 Å². The summed E-state index contributed by atoms with van der Waals surface area (Å²) in [4.78, 5) is 11.8. The summed E-state index contributed by atoms with van der Waals surface area (Å²) < 4.78 is 12.1. The summed E-state index contributed by atoms with van der Waals surface area (Å²) >= 11 is 3.83. The van der Waals surface area contributed by atoms with E-state index in [1.165, 1.54) is 6.92 Å². The summed E-state index contributed by atoms with van der Waals surface area (Å²) in [7, 11) is -2.39. The van der Waals surface area contributed by atoms with E-state index in [1.807, 2.05) is 61.5 Å². The fourth-order valence-electron chi connectivity index (χ4n) is 3.27. The van der Waals surface area contributed by atoms with Gasteiger partial charge in [-0.05, 0) is 43.3 Å². The van der Waals surface area contributed by atoms with Crippen molar-refractivity contribution in [3.63, 3.8) is 0 Å². The Morgan fingerprint density at radius 3 is 1.48 bits per heavy atom. The highest BCUT2D eigenvalue weighted by Gasteiger charge is 2.52. The average Bonchev–Trinajstić information content (AvgIpc) is 2.76. The second-order valence-electron chi connectivity index (χ2n) is 6.28. The minimum atomic E-state index is -2.39. The molecule has 148 valence electrons. The molecule has 0 aromatic heterocycles. The largest absolute Gasteiger partial charge is 0.462 e. The number of hydrogen-bond donors (Lipinski definition) is 0. The van der Waals surface area contributed by atoms with Crippen LogP contribution >= 0.6 is 23.2 Å². The van der Waals surface area contributed by atoms with Gasteiger partial charge in [0.2, 0.25) is 4.22 Å². The molecule has 0 amide bonds. The van der Waals surface area contributed by atoms with Crippen LogP contribution in [0.15, 0.2) is 101 Å². The predicted octanol–water partition coefficient (Wildman–Crippen LogP) is 5.10. The molecule has 0 fully saturated rings. The van der Waals surface area contributed by atoms with Crippen LogP contribution in [0.3, 0.4) is 0 Å². The molecule has 0 atom stereocenters. The molecule has 0 spiro atoms. The average molecular weight is 470 g/mol. The van der Waals surface area contributed by atoms with Crippen LogP contribution in [-0.2, 0) is 14.3 Å². The number of ether oxygens (including phenoxy) is 2. The monoisotopic (exact) mass is 469 g/mol. The van der Waals surface area contributed by atoms with Crippen molar-refractivity contribution < 1.29 is 14.3 Å². The van der Waals surface area contributed by atoms with E-state index in [2.05, 4.69) is 52.3 Å². The van der Waals surface area contributed by atoms with Crippen molar-refractivity contribution in [3.8, 4) is 0 Å². The van der Waals surface area contributed by atoms with Crippen LogP contribution in [0.2, 0.25) is 0 Å². The van der Waals surface area contributed by atoms with Crippen LogP contribution in [0.25, 0.3) is 0 Å². The fourth-order valence-corrected chi connectivity index (χ4v) is 9.13. The van der Waals surface area contributed by atoms with Gasteiger partial charge in [-0.25, -0.2) is 0 Å². The Morgan fingerprint density at radius 2 is 1.17 bits per heavy atom. The number of carbonyl (C=O) groups excluding carboxylic acids is 1. The Kier molecular flexibility index (Phi) is 7.24. The molecule has 0 saturated carbocycles. The van der Waals surface area contributed by atoms with Crippen LogP contribution in [0.4, 0.5) is 0 Å². The zero-order chi connectivity index (χ0) is 20.7. The van der Waals surface area contributed by atoms with Gasteiger partial charge < -0.3 is 9.47 Å². The Labute approximate surface area is 180 Å². The summed E-state index contributed by atoms with van der Waals surface area (Å²) in [6.45, 7) is 3.64. The standard InChI is InChI=1S/C24H23BrO3P/c1-3-27-24(28-19(2)26)23(25)29(20-13-7-4-8-14-20,21-15-9-5-10-16-21)22-17-11-6-12-18-22/h4-18H,3H2,1-2H3/q+1/b24-23+. The van der Waals surface area contributed by atoms with Crippen molar-refractivity contribution in [2.45, 2.75) is 13.8 Å². The van der Waals surface area contributed by atoms with E-state index >= 15 is 0 Å². The van der Waals surface area contributed by atoms with Gasteiger partial charge in [0.25, 0.3) is 0 Å². The zero-order valence-electron chi connectivity index (χ0n) is 16.4. The molecule has 0 heterocycles. The highest BCUT2D eigenvalue weighted by molar-refractivity contribution is 9.13. The van der Waals surface area contributed by atoms with Gasteiger partial charge in [-0.1, -0.05) is 54.6 Å². The predicted molar refractivity (Wildman–Crippen MR) is 124 cm³/mol. The molecule has 5 heteroatoms. The minimum absolute atomic E-state index is 0.213. The van der Waals surface area contributed by atoms with Crippen LogP contribution < -0.4 is 15.9 Å². The number of esters is 1. The summed E-state index contributed by atoms with van der Waals surface area (Å²) in [5.74, 6) is -0.206. The van der Waals surface area contributed by atoms with Crippen molar-refractivity contribution >= 4 is 45.1 Å². The quantitative estimate of drug-likeness (QED) is 0.274. The number of benzene rings is 3. The van der Waals surface area contributed by atoms with E-state index in [0.717, 1.165) is 20.1 Å². The van der Waals surface area contributed by atoms with Gasteiger partial charge in [0.15, 0.2) is 7.26 Å². The topological polar surface area (TPSA) is 35.5 Å². The van der Waals surface area contributed by atoms with Gasteiger partial charge in [0.05, 0.1) is 6.61 Å². The number of rotatable bonds is 7. The van der Waals surface area contributed by atoms with Gasteiger partial charge in [-0.15, -0.1) is 0 Å². The maximum Gasteiger partial charge on any atom is 0.340 e. The first-order valence-electron chi connectivity index (χ1n) is 9.38. The molecule has 0 N–H and O–H groups in total. The lowest BCUT2D eigenvalue weighted by atomic mass is 10.4. The SMILES string of the molecule is CCO/C(OC(C)=O)=C(/Br)[P+](c1ccccc1)(c1ccccc1)c1ccccc1. The van der Waals surface area contributed by atoms with Gasteiger partial charge in [-0.3, -0.25) is 4.79 Å². The molecule has 3 rings (SSSR count). The maximum absolute atomic E-state index is 11.8. The third kappa shape index (κ3) is 4.44. The van der Waals surface area contributed by atoms with E-state index in [4.69, 9.17) is 9.47 Å². The normalized spacial score (nSPS) is 12.1. The summed E-state index contributed by atoms with van der Waals surface area (Å²) in [5.41, 5.74) is 0. The molecular weight excluding hydrogens is 447 g/mol. The Hall–Kier alpha value is -2.42. The zero-order valence-corrected chi connectivity index (χ0v) is 18.9. The second-order valence-corrected chi connectivity index (χ2v) is 11.0. The molecule has 0 aliphatic rings. The Bertz CT molecular complexity index is 876. The molecular formula is C24H23BrO3P+. The van der Waals surface area contributed by atoms with Gasteiger partial charge in [0.1, 0.15) is 15.9 Å². The molecule has 3 aromatic carbocycles. The highest BCUT2D eigenvalue weighted by atomic mass is 79.9. The number of halogens is 1. The second kappa shape index (κ2) is 9.87. The highest BCUT2D eigenvalue weighted by Crippen LogP contribution is 2.65. The molecule has 0 unspecified atom stereocenters. The molecule has 3 aromatic rings. The Balaban J connectivity index is 2.44. The molecule has 0 saturated heterocycles. The first-order chi connectivity index (χ1) is 14.1. The van der Waals surface area contributed by atoms with Crippen molar-refractivity contribution in [1.82, 2.24) is 0 Å². The first-order valence-corrected chi connectivity index (χ1v) is 12.0. The van der Waals surface area contributed by atoms with E-state index in [0.29, 0.717) is 6.61 Å². The molecule has 29 heavy (non-hydrogen) atoms. The van der Waals surface area contributed by atoms with E-state index in [-0.39, 0.29) is 5.95 Å². The molecule has 0 bridgehead atoms. The third-order valence-corrected chi connectivity index (χ3v) is 10.3. The number of carbonyl (C=O) groups is 1. The van der Waals surface area contributed by atoms with Crippen molar-refractivity contribution in [2.75, 3.05) is 6.61 Å². The van der Waals surface area contributed by atoms with Crippen molar-refractivity contribution in [3.05, 3.63) is 101 Å². The lowest BCUT2D eigenvalue weighted by Crippen LogP contribution is -2.32. The summed E-state index contributed by atoms with van der Waals surface area (Å²) in [6, 6.07) is 30.9. The molecule has 0 aliphatic heterocycles.